The topological polar surface area (TPSA) is 89.9 Å². The summed E-state index contributed by atoms with van der Waals surface area (Å²) in [5, 5.41) is 6.15. The van der Waals surface area contributed by atoms with Crippen LogP contribution in [0.25, 0.3) is 10.9 Å². The number of carbonyl (C=O) groups excluding carboxylic acids is 1. The fraction of sp³-hybridized carbons (Fsp3) is 0.167. The molecule has 0 aliphatic carbocycles. The number of rotatable bonds is 5. The van der Waals surface area contributed by atoms with Gasteiger partial charge in [0.05, 0.1) is 36.3 Å². The molecule has 9 heteroatoms. The number of carbonyl (C=O) groups is 1. The van der Waals surface area contributed by atoms with Gasteiger partial charge in [-0.3, -0.25) is 14.2 Å². The second kappa shape index (κ2) is 8.34. The summed E-state index contributed by atoms with van der Waals surface area (Å²) in [6, 6.07) is 14.2. The van der Waals surface area contributed by atoms with Crippen molar-refractivity contribution in [1.29, 1.82) is 0 Å². The van der Waals surface area contributed by atoms with Crippen LogP contribution in [0.15, 0.2) is 81.5 Å². The summed E-state index contributed by atoms with van der Waals surface area (Å²) in [5.74, 6) is 0.429. The van der Waals surface area contributed by atoms with Gasteiger partial charge < -0.3 is 9.15 Å². The summed E-state index contributed by atoms with van der Waals surface area (Å²) in [7, 11) is 1.59. The van der Waals surface area contributed by atoms with Crippen molar-refractivity contribution in [3.05, 3.63) is 94.7 Å². The Morgan fingerprint density at radius 3 is 2.76 bits per heavy atom. The summed E-state index contributed by atoms with van der Waals surface area (Å²) in [5.41, 5.74) is 1.38. The number of methoxy groups -OCH3 is 1. The molecule has 0 saturated carbocycles. The van der Waals surface area contributed by atoms with Gasteiger partial charge in [-0.2, -0.15) is 5.10 Å². The maximum absolute atomic E-state index is 13.4. The summed E-state index contributed by atoms with van der Waals surface area (Å²) >= 11 is 0. The highest BCUT2D eigenvalue weighted by Gasteiger charge is 2.35. The first-order valence-corrected chi connectivity index (χ1v) is 10.3. The fourth-order valence-electron chi connectivity index (χ4n) is 3.86. The second-order valence-electron chi connectivity index (χ2n) is 7.59. The Kier molecular flexibility index (Phi) is 5.21. The van der Waals surface area contributed by atoms with Crippen LogP contribution < -0.4 is 10.3 Å². The lowest BCUT2D eigenvalue weighted by molar-refractivity contribution is -0.134. The zero-order valence-electron chi connectivity index (χ0n) is 17.6. The highest BCUT2D eigenvalue weighted by Crippen LogP contribution is 2.33. The van der Waals surface area contributed by atoms with Crippen molar-refractivity contribution in [3.8, 4) is 5.75 Å². The predicted molar refractivity (Wildman–Crippen MR) is 118 cm³/mol. The summed E-state index contributed by atoms with van der Waals surface area (Å²) in [6.45, 7) is -0.268. The van der Waals surface area contributed by atoms with Crippen LogP contribution in [0.2, 0.25) is 0 Å². The molecule has 0 bridgehead atoms. The van der Waals surface area contributed by atoms with E-state index in [2.05, 4.69) is 10.1 Å². The molecule has 2 aromatic heterocycles. The number of ether oxygens (including phenoxy) is 1. The van der Waals surface area contributed by atoms with Gasteiger partial charge in [-0.15, -0.1) is 0 Å². The molecule has 5 rings (SSSR count). The maximum Gasteiger partial charge on any atom is 0.263 e. The molecule has 3 heterocycles. The standard InChI is InChI=1S/C24H19FN4O4/c1-32-17-7-4-15(5-8-17)19-12-21(22-3-2-10-33-22)29(27-19)23(30)13-28-14-26-20-11-16(25)6-9-18(20)24(28)31/h2-11,14,21H,12-13H2,1H3/t21-/m0/s1. The average Bonchev–Trinajstić information content (AvgIpc) is 3.51. The third kappa shape index (κ3) is 3.89. The first kappa shape index (κ1) is 20.6. The average molecular weight is 446 g/mol. The van der Waals surface area contributed by atoms with Crippen LogP contribution in [0.5, 0.6) is 5.75 Å². The molecule has 8 nitrogen and oxygen atoms in total. The third-order valence-electron chi connectivity index (χ3n) is 5.55. The second-order valence-corrected chi connectivity index (χ2v) is 7.59. The molecule has 0 fully saturated rings. The number of nitrogens with zero attached hydrogens (tertiary/aromatic N) is 4. The Balaban J connectivity index is 1.46. The van der Waals surface area contributed by atoms with E-state index >= 15 is 0 Å². The summed E-state index contributed by atoms with van der Waals surface area (Å²) in [4.78, 5) is 30.2. The zero-order chi connectivity index (χ0) is 22.9. The van der Waals surface area contributed by atoms with Gasteiger partial charge in [-0.1, -0.05) is 0 Å². The number of amides is 1. The monoisotopic (exact) mass is 446 g/mol. The van der Waals surface area contributed by atoms with Gasteiger partial charge in [0.2, 0.25) is 0 Å². The van der Waals surface area contributed by atoms with Crippen molar-refractivity contribution in [2.24, 2.45) is 5.10 Å². The highest BCUT2D eigenvalue weighted by atomic mass is 19.1. The Labute approximate surface area is 187 Å². The van der Waals surface area contributed by atoms with Gasteiger partial charge in [0.25, 0.3) is 11.5 Å². The van der Waals surface area contributed by atoms with E-state index in [0.717, 1.165) is 11.3 Å². The minimum Gasteiger partial charge on any atom is -0.497 e. The predicted octanol–water partition coefficient (Wildman–Crippen LogP) is 3.52. The van der Waals surface area contributed by atoms with Gasteiger partial charge >= 0.3 is 0 Å². The third-order valence-corrected chi connectivity index (χ3v) is 5.55. The molecule has 1 atom stereocenters. The number of hydrazone groups is 1. The molecule has 0 saturated heterocycles. The van der Waals surface area contributed by atoms with Crippen molar-refractivity contribution in [2.75, 3.05) is 7.11 Å². The van der Waals surface area contributed by atoms with Crippen LogP contribution in [-0.2, 0) is 11.3 Å². The molecular weight excluding hydrogens is 427 g/mol. The van der Waals surface area contributed by atoms with Crippen LogP contribution >= 0.6 is 0 Å². The normalized spacial score (nSPS) is 15.6. The largest absolute Gasteiger partial charge is 0.497 e. The smallest absolute Gasteiger partial charge is 0.263 e. The molecule has 0 unspecified atom stereocenters. The number of fused-ring (bicyclic) bond motifs is 1. The van der Waals surface area contributed by atoms with E-state index in [0.29, 0.717) is 17.9 Å². The van der Waals surface area contributed by atoms with E-state index in [1.807, 2.05) is 24.3 Å². The van der Waals surface area contributed by atoms with E-state index in [9.17, 15) is 14.0 Å². The SMILES string of the molecule is COc1ccc(C2=NN(C(=O)Cn3cnc4cc(F)ccc4c3=O)[C@H](c3ccco3)C2)cc1. The lowest BCUT2D eigenvalue weighted by Crippen LogP contribution is -2.34. The highest BCUT2D eigenvalue weighted by molar-refractivity contribution is 6.03. The minimum absolute atomic E-state index is 0.234. The Morgan fingerprint density at radius 1 is 1.21 bits per heavy atom. The molecule has 0 spiro atoms. The quantitative estimate of drug-likeness (QED) is 0.468. The lowest BCUT2D eigenvalue weighted by Gasteiger charge is -2.20. The molecule has 0 radical (unpaired) electrons. The Bertz CT molecular complexity index is 1410. The van der Waals surface area contributed by atoms with Crippen molar-refractivity contribution >= 4 is 22.5 Å². The van der Waals surface area contributed by atoms with E-state index in [1.54, 1.807) is 25.5 Å². The maximum atomic E-state index is 13.4. The molecule has 166 valence electrons. The number of halogens is 1. The van der Waals surface area contributed by atoms with Gasteiger partial charge in [-0.05, 0) is 54.1 Å². The molecule has 1 amide bonds. The molecular formula is C24H19FN4O4. The Hall–Kier alpha value is -4.27. The molecule has 2 aromatic carbocycles. The number of hydrogen-bond acceptors (Lipinski definition) is 6. The minimum atomic E-state index is -0.484. The van der Waals surface area contributed by atoms with Crippen LogP contribution in [0.3, 0.4) is 0 Å². The number of aromatic nitrogens is 2. The van der Waals surface area contributed by atoms with E-state index < -0.39 is 23.3 Å². The number of furan rings is 1. The van der Waals surface area contributed by atoms with E-state index in [-0.39, 0.29) is 17.4 Å². The molecule has 1 aliphatic heterocycles. The molecule has 33 heavy (non-hydrogen) atoms. The molecule has 4 aromatic rings. The van der Waals surface area contributed by atoms with Crippen molar-refractivity contribution < 1.29 is 18.3 Å². The molecule has 1 aliphatic rings. The van der Waals surface area contributed by atoms with Crippen molar-refractivity contribution in [1.82, 2.24) is 14.6 Å². The van der Waals surface area contributed by atoms with Gasteiger partial charge in [0.15, 0.2) is 0 Å². The van der Waals surface area contributed by atoms with E-state index in [1.165, 1.54) is 34.1 Å². The number of benzene rings is 2. The van der Waals surface area contributed by atoms with Crippen LogP contribution in [0, 0.1) is 5.82 Å². The zero-order valence-corrected chi connectivity index (χ0v) is 17.6. The van der Waals surface area contributed by atoms with Crippen molar-refractivity contribution in [2.45, 2.75) is 19.0 Å². The number of hydrogen-bond donors (Lipinski definition) is 0. The first-order valence-electron chi connectivity index (χ1n) is 10.3. The lowest BCUT2D eigenvalue weighted by atomic mass is 10.0. The fourth-order valence-corrected chi connectivity index (χ4v) is 3.86. The van der Waals surface area contributed by atoms with Crippen molar-refractivity contribution in [3.63, 3.8) is 0 Å². The van der Waals surface area contributed by atoms with E-state index in [4.69, 9.17) is 9.15 Å². The Morgan fingerprint density at radius 2 is 2.03 bits per heavy atom. The summed E-state index contributed by atoms with van der Waals surface area (Å²) < 4.78 is 25.4. The van der Waals surface area contributed by atoms with Crippen LogP contribution in [-0.4, -0.2) is 33.3 Å². The van der Waals surface area contributed by atoms with Gasteiger partial charge in [0.1, 0.15) is 29.9 Å². The molecule has 0 N–H and O–H groups in total. The van der Waals surface area contributed by atoms with Crippen LogP contribution in [0.1, 0.15) is 23.8 Å². The summed E-state index contributed by atoms with van der Waals surface area (Å²) in [6.07, 6.45) is 3.24. The van der Waals surface area contributed by atoms with Gasteiger partial charge in [-0.25, -0.2) is 14.4 Å². The van der Waals surface area contributed by atoms with Crippen LogP contribution in [0.4, 0.5) is 4.39 Å². The first-order chi connectivity index (χ1) is 16.0. The van der Waals surface area contributed by atoms with Gasteiger partial charge in [0, 0.05) is 12.5 Å².